The highest BCUT2D eigenvalue weighted by Crippen LogP contribution is 2.27. The van der Waals surface area contributed by atoms with Crippen molar-refractivity contribution in [2.24, 2.45) is 5.92 Å². The van der Waals surface area contributed by atoms with Gasteiger partial charge in [-0.05, 0) is 56.1 Å². The Morgan fingerprint density at radius 1 is 1.16 bits per heavy atom. The van der Waals surface area contributed by atoms with Gasteiger partial charge >= 0.3 is 0 Å². The molecule has 4 rings (SSSR count). The van der Waals surface area contributed by atoms with Gasteiger partial charge in [-0.15, -0.1) is 0 Å². The van der Waals surface area contributed by atoms with Crippen LogP contribution in [0.3, 0.4) is 0 Å². The maximum Gasteiger partial charge on any atom is 0.254 e. The Balaban J connectivity index is 1.50. The van der Waals surface area contributed by atoms with Crippen molar-refractivity contribution in [1.29, 1.82) is 0 Å². The van der Waals surface area contributed by atoms with E-state index < -0.39 is 0 Å². The number of benzene rings is 1. The Hall–Kier alpha value is -2.51. The minimum absolute atomic E-state index is 0.0638. The van der Waals surface area contributed by atoms with E-state index in [0.717, 1.165) is 57.6 Å². The predicted octanol–water partition coefficient (Wildman–Crippen LogP) is 3.76. The van der Waals surface area contributed by atoms with E-state index in [-0.39, 0.29) is 17.8 Å². The van der Waals surface area contributed by atoms with Crippen LogP contribution in [0.1, 0.15) is 41.7 Å². The summed E-state index contributed by atoms with van der Waals surface area (Å²) >= 11 is 0. The first kappa shape index (κ1) is 22.7. The zero-order valence-electron chi connectivity index (χ0n) is 18.7. The van der Waals surface area contributed by atoms with Crippen molar-refractivity contribution in [2.75, 3.05) is 39.9 Å². The van der Waals surface area contributed by atoms with E-state index in [4.69, 9.17) is 9.47 Å². The normalized spacial score (nSPS) is 23.2. The van der Waals surface area contributed by atoms with Crippen molar-refractivity contribution in [3.05, 3.63) is 59.7 Å². The smallest absolute Gasteiger partial charge is 0.254 e. The number of halogens is 1. The van der Waals surface area contributed by atoms with Gasteiger partial charge in [0, 0.05) is 44.8 Å². The van der Waals surface area contributed by atoms with Crippen LogP contribution in [0.4, 0.5) is 4.39 Å². The third-order valence-corrected chi connectivity index (χ3v) is 6.48. The Morgan fingerprint density at radius 2 is 2.06 bits per heavy atom. The van der Waals surface area contributed by atoms with Crippen molar-refractivity contribution in [2.45, 2.75) is 38.3 Å². The van der Waals surface area contributed by atoms with Crippen LogP contribution in [0.5, 0.6) is 5.75 Å². The highest BCUT2D eigenvalue weighted by Gasteiger charge is 2.31. The van der Waals surface area contributed by atoms with Gasteiger partial charge in [-0.3, -0.25) is 14.7 Å². The van der Waals surface area contributed by atoms with E-state index in [9.17, 15) is 9.18 Å². The molecular formula is C25H32FN3O3. The highest BCUT2D eigenvalue weighted by atomic mass is 19.1. The van der Waals surface area contributed by atoms with E-state index in [1.807, 2.05) is 29.2 Å². The zero-order valence-corrected chi connectivity index (χ0v) is 18.7. The number of carbonyl (C=O) groups is 1. The first-order valence-corrected chi connectivity index (χ1v) is 11.5. The number of hydrogen-bond acceptors (Lipinski definition) is 5. The third kappa shape index (κ3) is 5.84. The largest absolute Gasteiger partial charge is 0.492 e. The molecule has 2 aliphatic rings. The average Bonchev–Trinajstić information content (AvgIpc) is 2.82. The summed E-state index contributed by atoms with van der Waals surface area (Å²) in [5.74, 6) is 0.787. The zero-order chi connectivity index (χ0) is 22.3. The molecular weight excluding hydrogens is 409 g/mol. The van der Waals surface area contributed by atoms with Gasteiger partial charge < -0.3 is 14.4 Å². The van der Waals surface area contributed by atoms with Gasteiger partial charge in [-0.25, -0.2) is 4.39 Å². The van der Waals surface area contributed by atoms with E-state index in [1.165, 1.54) is 12.3 Å². The molecule has 1 fully saturated rings. The summed E-state index contributed by atoms with van der Waals surface area (Å²) in [5, 5.41) is 0. The molecule has 4 bridgehead atoms. The maximum absolute atomic E-state index is 13.2. The van der Waals surface area contributed by atoms with Gasteiger partial charge in [-0.2, -0.15) is 0 Å². The molecule has 2 aliphatic heterocycles. The molecule has 32 heavy (non-hydrogen) atoms. The SMILES string of the molecule is CO[C@H]1CCN2C[C@H]1CCCCN(Cc1ccc(F)cn1)CCOc1cccc(c1)C2=O. The van der Waals surface area contributed by atoms with E-state index in [0.29, 0.717) is 30.4 Å². The second kappa shape index (κ2) is 10.9. The second-order valence-corrected chi connectivity index (χ2v) is 8.69. The lowest BCUT2D eigenvalue weighted by atomic mass is 9.89. The average molecular weight is 442 g/mol. The topological polar surface area (TPSA) is 54.9 Å². The molecule has 0 radical (unpaired) electrons. The summed E-state index contributed by atoms with van der Waals surface area (Å²) in [7, 11) is 1.77. The minimum atomic E-state index is -0.321. The van der Waals surface area contributed by atoms with Crippen molar-refractivity contribution < 1.29 is 18.7 Å². The number of aromatic nitrogens is 1. The molecule has 1 amide bonds. The second-order valence-electron chi connectivity index (χ2n) is 8.69. The number of pyridine rings is 1. The molecule has 2 atom stereocenters. The highest BCUT2D eigenvalue weighted by molar-refractivity contribution is 5.94. The number of ether oxygens (including phenoxy) is 2. The quantitative estimate of drug-likeness (QED) is 0.726. The summed E-state index contributed by atoms with van der Waals surface area (Å²) in [4.78, 5) is 21.6. The Bertz CT molecular complexity index is 892. The van der Waals surface area contributed by atoms with Crippen LogP contribution in [0.15, 0.2) is 42.6 Å². The van der Waals surface area contributed by atoms with Crippen molar-refractivity contribution in [1.82, 2.24) is 14.8 Å². The van der Waals surface area contributed by atoms with Crippen molar-refractivity contribution in [3.8, 4) is 5.75 Å². The van der Waals surface area contributed by atoms with Crippen LogP contribution in [-0.4, -0.2) is 66.7 Å². The predicted molar refractivity (Wildman–Crippen MR) is 120 cm³/mol. The molecule has 1 saturated heterocycles. The van der Waals surface area contributed by atoms with Crippen LogP contribution in [0, 0.1) is 11.7 Å². The molecule has 2 aromatic rings. The number of rotatable bonds is 3. The summed E-state index contributed by atoms with van der Waals surface area (Å²) < 4.78 is 25.0. The van der Waals surface area contributed by atoms with Crippen LogP contribution >= 0.6 is 0 Å². The van der Waals surface area contributed by atoms with Crippen LogP contribution in [0.25, 0.3) is 0 Å². The molecule has 0 unspecified atom stereocenters. The Labute approximate surface area is 189 Å². The van der Waals surface area contributed by atoms with Crippen LogP contribution in [-0.2, 0) is 11.3 Å². The first-order valence-electron chi connectivity index (χ1n) is 11.5. The van der Waals surface area contributed by atoms with Gasteiger partial charge in [0.25, 0.3) is 5.91 Å². The lowest BCUT2D eigenvalue weighted by Crippen LogP contribution is -2.46. The van der Waals surface area contributed by atoms with E-state index >= 15 is 0 Å². The number of methoxy groups -OCH3 is 1. The fourth-order valence-corrected chi connectivity index (χ4v) is 4.72. The Kier molecular flexibility index (Phi) is 7.71. The standard InChI is InChI=1S/C25H32FN3O3/c1-31-24-10-12-29-17-20(24)5-2-3-11-28(18-22-9-8-21(26)16-27-22)13-14-32-23-7-4-6-19(15-23)25(29)30/h4,6-9,15-16,20,24H,2-3,5,10-14,17-18H2,1H3/t20-,24+/m1/s1. The molecule has 1 aromatic carbocycles. The minimum Gasteiger partial charge on any atom is -0.492 e. The summed E-state index contributed by atoms with van der Waals surface area (Å²) in [6.07, 6.45) is 5.46. The van der Waals surface area contributed by atoms with Gasteiger partial charge in [0.15, 0.2) is 0 Å². The molecule has 7 heteroatoms. The molecule has 1 aromatic heterocycles. The lowest BCUT2D eigenvalue weighted by molar-refractivity contribution is -0.00677. The summed E-state index contributed by atoms with van der Waals surface area (Å²) in [5.41, 5.74) is 1.51. The number of carbonyl (C=O) groups excluding carboxylic acids is 1. The molecule has 0 saturated carbocycles. The monoisotopic (exact) mass is 441 g/mol. The number of hydrogen-bond donors (Lipinski definition) is 0. The number of amides is 1. The molecule has 172 valence electrons. The summed E-state index contributed by atoms with van der Waals surface area (Å²) in [6, 6.07) is 10.7. The van der Waals surface area contributed by atoms with E-state index in [2.05, 4.69) is 9.88 Å². The Morgan fingerprint density at radius 3 is 2.88 bits per heavy atom. The molecule has 3 heterocycles. The number of piperidine rings is 1. The van der Waals surface area contributed by atoms with E-state index in [1.54, 1.807) is 13.2 Å². The molecule has 0 aliphatic carbocycles. The lowest BCUT2D eigenvalue weighted by Gasteiger charge is -2.38. The van der Waals surface area contributed by atoms with Crippen LogP contribution < -0.4 is 4.74 Å². The van der Waals surface area contributed by atoms with Gasteiger partial charge in [0.1, 0.15) is 18.2 Å². The maximum atomic E-state index is 13.2. The van der Waals surface area contributed by atoms with Crippen molar-refractivity contribution >= 4 is 5.91 Å². The molecule has 0 spiro atoms. The van der Waals surface area contributed by atoms with Gasteiger partial charge in [0.05, 0.1) is 18.0 Å². The summed E-state index contributed by atoms with van der Waals surface area (Å²) in [6.45, 7) is 4.25. The van der Waals surface area contributed by atoms with Gasteiger partial charge in [-0.1, -0.05) is 12.5 Å². The molecule has 0 N–H and O–H groups in total. The third-order valence-electron chi connectivity index (χ3n) is 6.48. The number of nitrogens with zero attached hydrogens (tertiary/aromatic N) is 3. The number of fused-ring (bicyclic) bond motifs is 4. The fraction of sp³-hybridized carbons (Fsp3) is 0.520. The van der Waals surface area contributed by atoms with Gasteiger partial charge in [0.2, 0.25) is 0 Å². The molecule has 6 nitrogen and oxygen atoms in total. The fourth-order valence-electron chi connectivity index (χ4n) is 4.72. The van der Waals surface area contributed by atoms with Crippen LogP contribution in [0.2, 0.25) is 0 Å². The van der Waals surface area contributed by atoms with Crippen molar-refractivity contribution in [3.63, 3.8) is 0 Å². The first-order chi connectivity index (χ1) is 15.6.